The Morgan fingerprint density at radius 3 is 2.52 bits per heavy atom. The first kappa shape index (κ1) is 15.7. The molecule has 3 nitrogen and oxygen atoms in total. The van der Waals surface area contributed by atoms with Crippen molar-refractivity contribution in [3.8, 4) is 11.4 Å². The molecule has 0 aliphatic carbocycles. The van der Waals surface area contributed by atoms with Crippen LogP contribution in [0.2, 0.25) is 0 Å². The minimum Gasteiger partial charge on any atom is -0.361 e. The van der Waals surface area contributed by atoms with Gasteiger partial charge >= 0.3 is 0 Å². The van der Waals surface area contributed by atoms with Crippen molar-refractivity contribution < 1.29 is 0 Å². The zero-order valence-corrected chi connectivity index (χ0v) is 13.9. The second-order valence-corrected chi connectivity index (χ2v) is 5.27. The van der Waals surface area contributed by atoms with Crippen LogP contribution in [0.5, 0.6) is 0 Å². The molecule has 21 heavy (non-hydrogen) atoms. The third-order valence-electron chi connectivity index (χ3n) is 2.96. The monoisotopic (exact) mass is 361 g/mol. The molecule has 0 aliphatic heterocycles. The van der Waals surface area contributed by atoms with Crippen molar-refractivity contribution >= 4 is 33.4 Å². The number of anilines is 1. The second-order valence-electron chi connectivity index (χ2n) is 4.42. The Bertz CT molecular complexity index is 656. The molecule has 0 aliphatic rings. The van der Waals surface area contributed by atoms with E-state index in [0.717, 1.165) is 29.5 Å². The summed E-state index contributed by atoms with van der Waals surface area (Å²) in [5.74, 6) is 0. The van der Waals surface area contributed by atoms with Crippen LogP contribution in [-0.4, -0.2) is 16.5 Å². The highest BCUT2D eigenvalue weighted by molar-refractivity contribution is 8.93. The molecule has 0 radical (unpaired) electrons. The summed E-state index contributed by atoms with van der Waals surface area (Å²) in [4.78, 5) is 8.86. The average molecular weight is 362 g/mol. The summed E-state index contributed by atoms with van der Waals surface area (Å²) in [5, 5.41) is 6.34. The summed E-state index contributed by atoms with van der Waals surface area (Å²) in [6.07, 6.45) is 2.79. The molecule has 2 aromatic heterocycles. The number of nitrogens with zero attached hydrogens (tertiary/aromatic N) is 2. The Kier molecular flexibility index (Phi) is 5.90. The van der Waals surface area contributed by atoms with Crippen molar-refractivity contribution in [3.63, 3.8) is 0 Å². The van der Waals surface area contributed by atoms with Crippen LogP contribution < -0.4 is 5.32 Å². The number of halogens is 1. The molecule has 0 atom stereocenters. The first-order chi connectivity index (χ1) is 9.92. The summed E-state index contributed by atoms with van der Waals surface area (Å²) in [7, 11) is 0. The highest BCUT2D eigenvalue weighted by Crippen LogP contribution is 2.22. The predicted octanol–water partition coefficient (Wildman–Crippen LogP) is 4.44. The van der Waals surface area contributed by atoms with E-state index < -0.39 is 0 Å². The van der Waals surface area contributed by atoms with Gasteiger partial charge in [0, 0.05) is 18.1 Å². The fourth-order valence-corrected chi connectivity index (χ4v) is 2.68. The first-order valence-electron chi connectivity index (χ1n) is 6.56. The fourth-order valence-electron chi connectivity index (χ4n) is 1.95. The van der Waals surface area contributed by atoms with Gasteiger partial charge in [0.15, 0.2) is 5.13 Å². The van der Waals surface area contributed by atoms with Crippen LogP contribution in [0.25, 0.3) is 11.4 Å². The summed E-state index contributed by atoms with van der Waals surface area (Å²) in [6.45, 7) is 0.888. The maximum absolute atomic E-state index is 4.56. The Morgan fingerprint density at radius 2 is 1.76 bits per heavy atom. The van der Waals surface area contributed by atoms with E-state index in [9.17, 15) is 0 Å². The van der Waals surface area contributed by atoms with Gasteiger partial charge in [0.05, 0.1) is 5.69 Å². The highest BCUT2D eigenvalue weighted by atomic mass is 79.9. The molecule has 0 saturated heterocycles. The smallest absolute Gasteiger partial charge is 0.183 e. The number of thiazole rings is 1. The number of rotatable bonds is 5. The van der Waals surface area contributed by atoms with Gasteiger partial charge in [-0.1, -0.05) is 36.4 Å². The molecule has 0 bridgehead atoms. The van der Waals surface area contributed by atoms with Gasteiger partial charge in [-0.2, -0.15) is 0 Å². The normalized spacial score (nSPS) is 9.90. The molecule has 3 rings (SSSR count). The zero-order valence-electron chi connectivity index (χ0n) is 11.4. The van der Waals surface area contributed by atoms with Crippen LogP contribution in [0.15, 0.2) is 60.1 Å². The topological polar surface area (TPSA) is 37.8 Å². The van der Waals surface area contributed by atoms with Crippen molar-refractivity contribution in [1.82, 2.24) is 9.97 Å². The summed E-state index contributed by atoms with van der Waals surface area (Å²) >= 11 is 1.62. The second kappa shape index (κ2) is 7.90. The number of aromatic nitrogens is 2. The maximum atomic E-state index is 4.56. The van der Waals surface area contributed by atoms with Crippen LogP contribution in [0.1, 0.15) is 5.56 Å². The van der Waals surface area contributed by atoms with E-state index in [4.69, 9.17) is 0 Å². The predicted molar refractivity (Wildman–Crippen MR) is 94.3 cm³/mol. The molecule has 0 amide bonds. The fraction of sp³-hybridized carbons (Fsp3) is 0.125. The SMILES string of the molecule is Br.c1ccc(CCNc2nc(-c3ccccn3)cs2)cc1. The van der Waals surface area contributed by atoms with Gasteiger partial charge in [-0.25, -0.2) is 4.98 Å². The largest absolute Gasteiger partial charge is 0.361 e. The van der Waals surface area contributed by atoms with Gasteiger partial charge in [0.25, 0.3) is 0 Å². The third kappa shape index (κ3) is 4.37. The molecule has 108 valence electrons. The Morgan fingerprint density at radius 1 is 0.952 bits per heavy atom. The van der Waals surface area contributed by atoms with Crippen molar-refractivity contribution in [2.75, 3.05) is 11.9 Å². The van der Waals surface area contributed by atoms with Gasteiger partial charge in [-0.3, -0.25) is 4.98 Å². The van der Waals surface area contributed by atoms with Crippen LogP contribution in [0.3, 0.4) is 0 Å². The molecule has 0 saturated carbocycles. The summed E-state index contributed by atoms with van der Waals surface area (Å²) in [5.41, 5.74) is 3.18. The lowest BCUT2D eigenvalue weighted by atomic mass is 10.1. The molecule has 0 spiro atoms. The Hall–Kier alpha value is -1.72. The van der Waals surface area contributed by atoms with Crippen LogP contribution >= 0.6 is 28.3 Å². The molecule has 3 aromatic rings. The molecule has 0 unspecified atom stereocenters. The van der Waals surface area contributed by atoms with Crippen molar-refractivity contribution in [2.24, 2.45) is 0 Å². The molecule has 5 heteroatoms. The lowest BCUT2D eigenvalue weighted by Gasteiger charge is -2.02. The number of nitrogens with one attached hydrogen (secondary N) is 1. The molecule has 1 N–H and O–H groups in total. The lowest BCUT2D eigenvalue weighted by Crippen LogP contribution is -2.04. The van der Waals surface area contributed by atoms with Gasteiger partial charge < -0.3 is 5.32 Å². The first-order valence-corrected chi connectivity index (χ1v) is 7.44. The quantitative estimate of drug-likeness (QED) is 0.729. The lowest BCUT2D eigenvalue weighted by molar-refractivity contribution is 1.02. The maximum Gasteiger partial charge on any atom is 0.183 e. The van der Waals surface area contributed by atoms with E-state index in [1.807, 2.05) is 29.6 Å². The highest BCUT2D eigenvalue weighted by Gasteiger charge is 2.04. The van der Waals surface area contributed by atoms with E-state index in [2.05, 4.69) is 39.6 Å². The van der Waals surface area contributed by atoms with Gasteiger partial charge in [0.1, 0.15) is 5.69 Å². The number of hydrogen-bond acceptors (Lipinski definition) is 4. The third-order valence-corrected chi connectivity index (χ3v) is 3.76. The van der Waals surface area contributed by atoms with Gasteiger partial charge in [-0.15, -0.1) is 28.3 Å². The van der Waals surface area contributed by atoms with Crippen LogP contribution in [0, 0.1) is 0 Å². The minimum absolute atomic E-state index is 0. The Labute approximate surface area is 138 Å². The zero-order chi connectivity index (χ0) is 13.6. The average Bonchev–Trinajstić information content (AvgIpc) is 2.98. The number of hydrogen-bond donors (Lipinski definition) is 1. The molecular weight excluding hydrogens is 346 g/mol. The van der Waals surface area contributed by atoms with Crippen molar-refractivity contribution in [3.05, 3.63) is 65.7 Å². The van der Waals surface area contributed by atoms with Crippen LogP contribution in [-0.2, 0) is 6.42 Å². The standard InChI is InChI=1S/C16H15N3S.BrH/c1-2-6-13(7-3-1)9-11-18-16-19-15(12-20-16)14-8-4-5-10-17-14;/h1-8,10,12H,9,11H2,(H,18,19);1H. The summed E-state index contributed by atoms with van der Waals surface area (Å²) < 4.78 is 0. The molecular formula is C16H16BrN3S. The number of pyridine rings is 1. The molecule has 2 heterocycles. The Balaban J connectivity index is 0.00000161. The van der Waals surface area contributed by atoms with E-state index in [0.29, 0.717) is 0 Å². The molecule has 0 fully saturated rings. The van der Waals surface area contributed by atoms with E-state index in [-0.39, 0.29) is 17.0 Å². The molecule has 1 aromatic carbocycles. The van der Waals surface area contributed by atoms with Crippen molar-refractivity contribution in [2.45, 2.75) is 6.42 Å². The van der Waals surface area contributed by atoms with Gasteiger partial charge in [-0.05, 0) is 24.1 Å². The van der Waals surface area contributed by atoms with E-state index in [1.54, 1.807) is 17.5 Å². The van der Waals surface area contributed by atoms with Gasteiger partial charge in [0.2, 0.25) is 0 Å². The van der Waals surface area contributed by atoms with E-state index >= 15 is 0 Å². The van der Waals surface area contributed by atoms with E-state index in [1.165, 1.54) is 5.56 Å². The van der Waals surface area contributed by atoms with Crippen LogP contribution in [0.4, 0.5) is 5.13 Å². The van der Waals surface area contributed by atoms with Crippen molar-refractivity contribution in [1.29, 1.82) is 0 Å². The number of benzene rings is 1. The minimum atomic E-state index is 0. The summed E-state index contributed by atoms with van der Waals surface area (Å²) in [6, 6.07) is 16.3.